The molecule has 0 radical (unpaired) electrons. The van der Waals surface area contributed by atoms with Crippen LogP contribution in [0.3, 0.4) is 0 Å². The van der Waals surface area contributed by atoms with Gasteiger partial charge >= 0.3 is 0 Å². The van der Waals surface area contributed by atoms with Crippen molar-refractivity contribution in [3.05, 3.63) is 12.2 Å². The quantitative estimate of drug-likeness (QED) is 0.0507. The third-order valence-electron chi connectivity index (χ3n) is 19.8. The average molecular weight is 1460 g/mol. The molecule has 27 nitrogen and oxygen atoms in total. The van der Waals surface area contributed by atoms with E-state index in [0.29, 0.717) is 25.4 Å². The molecule has 2 aliphatic heterocycles. The zero-order valence-electron chi connectivity index (χ0n) is 66.4. The van der Waals surface area contributed by atoms with Gasteiger partial charge in [-0.15, -0.1) is 0 Å². The number of ether oxygens (including phenoxy) is 1. The van der Waals surface area contributed by atoms with Gasteiger partial charge in [-0.2, -0.15) is 11.8 Å². The van der Waals surface area contributed by atoms with Crippen LogP contribution in [0.15, 0.2) is 12.2 Å². The van der Waals surface area contributed by atoms with E-state index in [1.165, 1.54) is 113 Å². The van der Waals surface area contributed by atoms with Gasteiger partial charge in [-0.25, -0.2) is 0 Å². The molecule has 2 aliphatic rings. The minimum Gasteiger partial charge on any atom is -0.396 e. The van der Waals surface area contributed by atoms with Gasteiger partial charge in [0.1, 0.15) is 66.5 Å². The van der Waals surface area contributed by atoms with E-state index < -0.39 is 161 Å². The number of aliphatic hydroxyl groups excluding tert-OH is 2. The number of nitrogens with zero attached hydrogens (tertiary/aromatic N) is 8. The summed E-state index contributed by atoms with van der Waals surface area (Å²) in [6, 6.07) is -14.7. The lowest BCUT2D eigenvalue weighted by molar-refractivity contribution is -0.157. The number of allylic oxidation sites excluding steroid dienone is 2. The maximum Gasteiger partial charge on any atom is 0.246 e. The van der Waals surface area contributed by atoms with Gasteiger partial charge < -0.3 is 75.6 Å². The molecule has 0 aromatic rings. The molecule has 0 bridgehead atoms. The molecule has 7 N–H and O–H groups in total. The summed E-state index contributed by atoms with van der Waals surface area (Å²) in [5.41, 5.74) is -1.61. The SMILES string of the molecule is C/C=C/C[C@@H](C)[C@@H](O)[C@H]1C(=O)N[C@@H](CC)C(=O)N(C)[C@H](CSCC[C@@H](CO)CCCN2CCOCC2)C(=O)N(C)[C@@H](CC(C)(C)O)C(=O)N[C@@H](C(C)C)C(=O)N(C)[C@@H](CC(C)C)C(=O)N[C@@H](C)C(=O)N[C@H](C)C(=O)N(C)[C@@H](CC(C)C)C(=O)N(C)[C@@H](CC(C)C)C(=O)N(C)[C@@H](C(C)C)C(=O)N1C. The molecule has 2 rings (SSSR count). The van der Waals surface area contributed by atoms with Crippen molar-refractivity contribution in [2.45, 2.75) is 254 Å². The van der Waals surface area contributed by atoms with Crippen molar-refractivity contribution in [2.75, 3.05) is 100 Å². The first-order chi connectivity index (χ1) is 47.4. The Morgan fingerprint density at radius 2 is 1.02 bits per heavy atom. The third kappa shape index (κ3) is 27.5. The number of rotatable bonds is 25. The fraction of sp³-hybridized carbons (Fsp3) is 0.824. The van der Waals surface area contributed by atoms with Crippen molar-refractivity contribution in [1.82, 2.24) is 60.5 Å². The fourth-order valence-electron chi connectivity index (χ4n) is 13.2. The molecule has 2 fully saturated rings. The van der Waals surface area contributed by atoms with Crippen LogP contribution in [0.25, 0.3) is 0 Å². The second-order valence-electron chi connectivity index (χ2n) is 31.2. The fourth-order valence-corrected chi connectivity index (χ4v) is 14.4. The first-order valence-electron chi connectivity index (χ1n) is 37.0. The summed E-state index contributed by atoms with van der Waals surface area (Å²) in [7, 11) is 9.84. The van der Waals surface area contributed by atoms with E-state index in [1.807, 2.05) is 41.5 Å². The molecule has 0 spiro atoms. The van der Waals surface area contributed by atoms with Crippen molar-refractivity contribution >= 4 is 76.7 Å². The van der Waals surface area contributed by atoms with Crippen LogP contribution in [-0.2, 0) is 57.5 Å². The second kappa shape index (κ2) is 43.5. The molecular weight excluding hydrogens is 1330 g/mol. The van der Waals surface area contributed by atoms with Gasteiger partial charge in [-0.3, -0.25) is 57.6 Å². The van der Waals surface area contributed by atoms with Crippen LogP contribution in [0.2, 0.25) is 0 Å². The highest BCUT2D eigenvalue weighted by atomic mass is 32.2. The lowest BCUT2D eigenvalue weighted by Crippen LogP contribution is -2.64. The van der Waals surface area contributed by atoms with Crippen molar-refractivity contribution in [3.8, 4) is 0 Å². The van der Waals surface area contributed by atoms with Crippen molar-refractivity contribution in [3.63, 3.8) is 0 Å². The van der Waals surface area contributed by atoms with Gasteiger partial charge in [-0.1, -0.05) is 95.2 Å². The van der Waals surface area contributed by atoms with Gasteiger partial charge in [-0.05, 0) is 140 Å². The molecule has 14 atom stereocenters. The minimum absolute atomic E-state index is 0.0470. The van der Waals surface area contributed by atoms with E-state index in [2.05, 4.69) is 26.2 Å². The standard InChI is InChI=1S/C74H134N12O15S/c1-25-27-29-49(13)62(88)61-66(92)77-53(26-2)68(94)83(22)58(43-102-37-31-52(42-87)30-28-32-86-33-35-101-36-34-86)71(97)82(21)57(41-74(16,17)100)65(91)78-59(47(9)10)72(98)79(18)54(38-44(3)4)64(90)75-50(14)63(89)76-51(15)67(93)80(19)55(39-45(5)6)69(95)81(20)56(40-46(7)8)70(96)84(23)60(48(11)12)73(99)85(61)24/h25,27,44-62,87-88,100H,26,28-43H2,1-24H3,(H,75,90)(H,76,89)(H,77,92)(H,78,91)/b27-25+/t49-,50+,51-,52+,53+,54+,55+,56+,57+,58-,59+,60+,61+,62-/m1/s1. The van der Waals surface area contributed by atoms with E-state index in [1.54, 1.807) is 60.6 Å². The number of likely N-dealkylation sites (N-methyl/N-ethyl adjacent to an activating group) is 7. The number of morpholine rings is 1. The summed E-state index contributed by atoms with van der Waals surface area (Å²) >= 11 is 1.34. The Labute approximate surface area is 614 Å². The van der Waals surface area contributed by atoms with Crippen LogP contribution >= 0.6 is 11.8 Å². The molecule has 0 aromatic carbocycles. The Hall–Kier alpha value is -5.94. The van der Waals surface area contributed by atoms with E-state index in [-0.39, 0.29) is 74.6 Å². The topological polar surface area (TPSA) is 332 Å². The van der Waals surface area contributed by atoms with E-state index in [4.69, 9.17) is 4.74 Å². The van der Waals surface area contributed by atoms with Crippen LogP contribution in [0.5, 0.6) is 0 Å². The van der Waals surface area contributed by atoms with Gasteiger partial charge in [0.15, 0.2) is 0 Å². The predicted octanol–water partition coefficient (Wildman–Crippen LogP) is 3.60. The first kappa shape index (κ1) is 92.1. The Kier molecular flexibility index (Phi) is 39.3. The minimum atomic E-state index is -1.68. The summed E-state index contributed by atoms with van der Waals surface area (Å²) < 4.78 is 5.51. The summed E-state index contributed by atoms with van der Waals surface area (Å²) in [5.74, 6) is -10.2. The normalized spacial score (nSPS) is 26.7. The molecule has 0 aliphatic carbocycles. The number of nitrogens with one attached hydrogen (secondary N) is 4. The summed E-state index contributed by atoms with van der Waals surface area (Å²) in [4.78, 5) is 176. The van der Waals surface area contributed by atoms with E-state index in [0.717, 1.165) is 42.3 Å². The molecule has 102 heavy (non-hydrogen) atoms. The number of aliphatic hydroxyl groups is 3. The largest absolute Gasteiger partial charge is 0.396 e. The van der Waals surface area contributed by atoms with Crippen LogP contribution in [0.1, 0.15) is 175 Å². The van der Waals surface area contributed by atoms with Crippen LogP contribution in [0.4, 0.5) is 0 Å². The third-order valence-corrected chi connectivity index (χ3v) is 20.9. The Morgan fingerprint density at radius 1 is 0.549 bits per heavy atom. The number of hydrogen-bond donors (Lipinski definition) is 7. The Bertz CT molecular complexity index is 2760. The van der Waals surface area contributed by atoms with Crippen molar-refractivity contribution in [2.24, 2.45) is 41.4 Å². The zero-order valence-corrected chi connectivity index (χ0v) is 67.2. The summed E-state index contributed by atoms with van der Waals surface area (Å²) in [6.45, 7) is 32.6. The maximum absolute atomic E-state index is 15.6. The van der Waals surface area contributed by atoms with Crippen molar-refractivity contribution in [1.29, 1.82) is 0 Å². The highest BCUT2D eigenvalue weighted by Crippen LogP contribution is 2.28. The highest BCUT2D eigenvalue weighted by Gasteiger charge is 2.47. The zero-order chi connectivity index (χ0) is 78.1. The van der Waals surface area contributed by atoms with Crippen LogP contribution in [0, 0.1) is 41.4 Å². The number of carbonyl (C=O) groups excluding carboxylic acids is 11. The van der Waals surface area contributed by atoms with Crippen molar-refractivity contribution < 1.29 is 72.8 Å². The van der Waals surface area contributed by atoms with Crippen LogP contribution in [-0.4, -0.2) is 298 Å². The molecule has 0 saturated carbocycles. The molecular formula is C74H134N12O15S. The average Bonchev–Trinajstić information content (AvgIpc) is 0.803. The molecule has 11 amide bonds. The number of carbonyl (C=O) groups is 11. The molecule has 2 heterocycles. The highest BCUT2D eigenvalue weighted by molar-refractivity contribution is 7.99. The van der Waals surface area contributed by atoms with Gasteiger partial charge in [0.2, 0.25) is 65.0 Å². The van der Waals surface area contributed by atoms with Gasteiger partial charge in [0.05, 0.1) is 24.9 Å². The summed E-state index contributed by atoms with van der Waals surface area (Å²) in [5, 5.41) is 45.5. The second-order valence-corrected chi connectivity index (χ2v) is 32.4. The monoisotopic (exact) mass is 1460 g/mol. The number of amides is 11. The molecule has 2 saturated heterocycles. The number of thioether (sulfide) groups is 1. The smallest absolute Gasteiger partial charge is 0.246 e. The Morgan fingerprint density at radius 3 is 1.52 bits per heavy atom. The van der Waals surface area contributed by atoms with Crippen LogP contribution < -0.4 is 21.3 Å². The Balaban J connectivity index is 3.11. The molecule has 0 unspecified atom stereocenters. The lowest BCUT2D eigenvalue weighted by Gasteiger charge is -2.41. The van der Waals surface area contributed by atoms with Gasteiger partial charge in [0.25, 0.3) is 0 Å². The maximum atomic E-state index is 15.6. The molecule has 28 heteroatoms. The predicted molar refractivity (Wildman–Crippen MR) is 398 cm³/mol. The van der Waals surface area contributed by atoms with E-state index >= 15 is 33.6 Å². The lowest BCUT2D eigenvalue weighted by atomic mass is 9.91. The van der Waals surface area contributed by atoms with E-state index in [9.17, 15) is 34.5 Å². The first-order valence-corrected chi connectivity index (χ1v) is 38.2. The summed E-state index contributed by atoms with van der Waals surface area (Å²) in [6.07, 6.45) is 4.37. The van der Waals surface area contributed by atoms with Gasteiger partial charge in [0, 0.05) is 81.2 Å². The molecule has 0 aromatic heterocycles. The molecule has 586 valence electrons. The number of hydrogen-bond acceptors (Lipinski definition) is 17.